The molecule has 2 aromatic carbocycles. The van der Waals surface area contributed by atoms with Crippen molar-refractivity contribution in [1.29, 1.82) is 0 Å². The second-order valence-electron chi connectivity index (χ2n) is 13.2. The number of hydrogen-bond donors (Lipinski definition) is 4. The highest BCUT2D eigenvalue weighted by molar-refractivity contribution is 6.01. The summed E-state index contributed by atoms with van der Waals surface area (Å²) in [6.45, 7) is 11.0. The number of rotatable bonds is 16. The number of ether oxygens (including phenoxy) is 4. The number of cyclic esters (lactones) is 1. The molecule has 2 aromatic rings. The minimum atomic E-state index is -1.76. The van der Waals surface area contributed by atoms with Crippen LogP contribution in [0, 0.1) is 17.3 Å². The molecule has 1 fully saturated rings. The Morgan fingerprint density at radius 3 is 2.22 bits per heavy atom. The lowest BCUT2D eigenvalue weighted by atomic mass is 9.84. The number of carbonyl (C=O) groups excluding carboxylic acids is 6. The first-order chi connectivity index (χ1) is 23.5. The van der Waals surface area contributed by atoms with E-state index in [2.05, 4.69) is 10.6 Å². The van der Waals surface area contributed by atoms with Gasteiger partial charge < -0.3 is 39.8 Å². The standard InChI is InChI=1S/C36H46N2O12/c1-8-20(4)27(40)33(44)47-21(5)26(38-31(42)23-15-12-16-24(28(23)41)37-18-39)32(43)49-29(19(2)3)34(45)50-30-25(48-35(46)36(30,6)7)17-22-13-10-9-11-14-22/h9-16,18-21,25-27,29-30,40-41H,8,17H2,1-7H3,(H,37,39)(H,38,42). The van der Waals surface area contributed by atoms with E-state index in [0.29, 0.717) is 12.8 Å². The Labute approximate surface area is 290 Å². The van der Waals surface area contributed by atoms with E-state index in [4.69, 9.17) is 18.9 Å². The van der Waals surface area contributed by atoms with Crippen molar-refractivity contribution in [2.75, 3.05) is 5.32 Å². The number of aliphatic hydroxyl groups excluding tert-OH is 1. The van der Waals surface area contributed by atoms with Crippen LogP contribution in [0.1, 0.15) is 70.8 Å². The van der Waals surface area contributed by atoms with Crippen LogP contribution in [-0.2, 0) is 49.3 Å². The van der Waals surface area contributed by atoms with Crippen molar-refractivity contribution in [3.63, 3.8) is 0 Å². The number of amides is 2. The molecule has 14 nitrogen and oxygen atoms in total. The predicted octanol–water partition coefficient (Wildman–Crippen LogP) is 3.07. The molecule has 2 amide bonds. The predicted molar refractivity (Wildman–Crippen MR) is 178 cm³/mol. The first-order valence-corrected chi connectivity index (χ1v) is 16.4. The number of benzene rings is 2. The molecule has 1 aliphatic heterocycles. The molecular formula is C36H46N2O12. The molecule has 0 aromatic heterocycles. The van der Waals surface area contributed by atoms with E-state index in [0.717, 1.165) is 5.56 Å². The highest BCUT2D eigenvalue weighted by atomic mass is 16.6. The van der Waals surface area contributed by atoms with E-state index in [9.17, 15) is 39.0 Å². The van der Waals surface area contributed by atoms with Crippen LogP contribution in [0.15, 0.2) is 48.5 Å². The number of esters is 4. The molecule has 1 saturated heterocycles. The van der Waals surface area contributed by atoms with Crippen LogP contribution >= 0.6 is 0 Å². The van der Waals surface area contributed by atoms with Gasteiger partial charge in [-0.3, -0.25) is 14.4 Å². The van der Waals surface area contributed by atoms with E-state index in [1.807, 2.05) is 30.3 Å². The fourth-order valence-corrected chi connectivity index (χ4v) is 5.27. The molecule has 0 radical (unpaired) electrons. The Kier molecular flexibility index (Phi) is 13.5. The Morgan fingerprint density at radius 2 is 1.62 bits per heavy atom. The molecule has 1 heterocycles. The number of carbonyl (C=O) groups is 6. The summed E-state index contributed by atoms with van der Waals surface area (Å²) < 4.78 is 22.4. The van der Waals surface area contributed by atoms with E-state index in [-0.39, 0.29) is 17.7 Å². The summed E-state index contributed by atoms with van der Waals surface area (Å²) in [4.78, 5) is 77.3. The average Bonchev–Trinajstić information content (AvgIpc) is 3.28. The maximum absolute atomic E-state index is 13.8. The lowest BCUT2D eigenvalue weighted by Crippen LogP contribution is -2.53. The third kappa shape index (κ3) is 9.37. The number of nitrogens with one attached hydrogen (secondary N) is 2. The SMILES string of the molecule is CCC(C)C(O)C(=O)OC(C)C(NC(=O)c1cccc(NC=O)c1O)C(=O)OC(C(=O)OC1C(Cc2ccccc2)OC(=O)C1(C)C)C(C)C. The molecule has 14 heteroatoms. The quantitative estimate of drug-likeness (QED) is 0.0865. The van der Waals surface area contributed by atoms with Crippen molar-refractivity contribution in [1.82, 2.24) is 5.32 Å². The molecule has 0 spiro atoms. The number of aliphatic hydroxyl groups is 1. The molecule has 1 aliphatic rings. The second-order valence-corrected chi connectivity index (χ2v) is 13.2. The topological polar surface area (TPSA) is 204 Å². The lowest BCUT2D eigenvalue weighted by Gasteiger charge is -2.30. The molecule has 7 atom stereocenters. The van der Waals surface area contributed by atoms with E-state index < -0.39 is 89.3 Å². The summed E-state index contributed by atoms with van der Waals surface area (Å²) in [7, 11) is 0. The molecule has 50 heavy (non-hydrogen) atoms. The molecule has 0 aliphatic carbocycles. The van der Waals surface area contributed by atoms with Crippen LogP contribution in [0.25, 0.3) is 0 Å². The summed E-state index contributed by atoms with van der Waals surface area (Å²) in [6, 6.07) is 11.3. The van der Waals surface area contributed by atoms with Crippen LogP contribution in [0.2, 0.25) is 0 Å². The van der Waals surface area contributed by atoms with Gasteiger partial charge in [-0.1, -0.05) is 70.5 Å². The second kappa shape index (κ2) is 17.1. The lowest BCUT2D eigenvalue weighted by molar-refractivity contribution is -0.183. The van der Waals surface area contributed by atoms with Crippen LogP contribution in [0.5, 0.6) is 5.75 Å². The minimum absolute atomic E-state index is 0.0894. The zero-order chi connectivity index (χ0) is 37.3. The number of anilines is 1. The van der Waals surface area contributed by atoms with Crippen molar-refractivity contribution in [3.8, 4) is 5.75 Å². The maximum Gasteiger partial charge on any atom is 0.348 e. The van der Waals surface area contributed by atoms with Crippen molar-refractivity contribution < 1.29 is 57.9 Å². The molecule has 0 bridgehead atoms. The van der Waals surface area contributed by atoms with Gasteiger partial charge in [0.25, 0.3) is 5.91 Å². The fourth-order valence-electron chi connectivity index (χ4n) is 5.27. The number of para-hydroxylation sites is 1. The minimum Gasteiger partial charge on any atom is -0.505 e. The number of phenols is 1. The van der Waals surface area contributed by atoms with Crippen LogP contribution in [0.3, 0.4) is 0 Å². The van der Waals surface area contributed by atoms with Crippen LogP contribution < -0.4 is 10.6 Å². The number of phenolic OH excluding ortho intramolecular Hbond substituents is 1. The highest BCUT2D eigenvalue weighted by Gasteiger charge is 2.54. The molecule has 0 saturated carbocycles. The van der Waals surface area contributed by atoms with Gasteiger partial charge in [0.05, 0.1) is 11.3 Å². The van der Waals surface area contributed by atoms with Gasteiger partial charge in [-0.15, -0.1) is 0 Å². The Balaban J connectivity index is 1.89. The normalized spacial score (nSPS) is 19.6. The van der Waals surface area contributed by atoms with E-state index >= 15 is 0 Å². The zero-order valence-corrected chi connectivity index (χ0v) is 29.2. The van der Waals surface area contributed by atoms with Gasteiger partial charge in [0.2, 0.25) is 12.5 Å². The maximum atomic E-state index is 13.8. The first-order valence-electron chi connectivity index (χ1n) is 16.4. The van der Waals surface area contributed by atoms with E-state index in [1.54, 1.807) is 41.5 Å². The van der Waals surface area contributed by atoms with Gasteiger partial charge in [-0.05, 0) is 44.4 Å². The Bertz CT molecular complexity index is 1540. The van der Waals surface area contributed by atoms with E-state index in [1.165, 1.54) is 25.1 Å². The average molecular weight is 699 g/mol. The smallest absolute Gasteiger partial charge is 0.348 e. The van der Waals surface area contributed by atoms with Gasteiger partial charge in [-0.25, -0.2) is 14.4 Å². The number of aromatic hydroxyl groups is 1. The van der Waals surface area contributed by atoms with Crippen LogP contribution in [-0.4, -0.2) is 83.0 Å². The van der Waals surface area contributed by atoms with Crippen molar-refractivity contribution in [2.24, 2.45) is 17.3 Å². The largest absolute Gasteiger partial charge is 0.505 e. The van der Waals surface area contributed by atoms with Crippen molar-refractivity contribution in [2.45, 2.75) is 97.9 Å². The van der Waals surface area contributed by atoms with Crippen LogP contribution in [0.4, 0.5) is 5.69 Å². The molecule has 4 N–H and O–H groups in total. The third-order valence-corrected chi connectivity index (χ3v) is 8.67. The Morgan fingerprint density at radius 1 is 0.960 bits per heavy atom. The Hall–Kier alpha value is -4.98. The number of hydrogen-bond acceptors (Lipinski definition) is 12. The van der Waals surface area contributed by atoms with Gasteiger partial charge >= 0.3 is 23.9 Å². The third-order valence-electron chi connectivity index (χ3n) is 8.67. The summed E-state index contributed by atoms with van der Waals surface area (Å²) >= 11 is 0. The summed E-state index contributed by atoms with van der Waals surface area (Å²) in [5.74, 6) is -6.58. The summed E-state index contributed by atoms with van der Waals surface area (Å²) in [6.07, 6.45) is -5.41. The first kappa shape index (κ1) is 39.5. The van der Waals surface area contributed by atoms with Gasteiger partial charge in [0.15, 0.2) is 24.0 Å². The van der Waals surface area contributed by atoms with Gasteiger partial charge in [-0.2, -0.15) is 0 Å². The van der Waals surface area contributed by atoms with Gasteiger partial charge in [0, 0.05) is 12.3 Å². The van der Waals surface area contributed by atoms with Crippen molar-refractivity contribution >= 4 is 41.9 Å². The fraction of sp³-hybridized carbons (Fsp3) is 0.500. The highest BCUT2D eigenvalue weighted by Crippen LogP contribution is 2.38. The van der Waals surface area contributed by atoms with Gasteiger partial charge in [0.1, 0.15) is 17.6 Å². The zero-order valence-electron chi connectivity index (χ0n) is 29.2. The summed E-state index contributed by atoms with van der Waals surface area (Å²) in [5, 5.41) is 25.6. The summed E-state index contributed by atoms with van der Waals surface area (Å²) in [5.41, 5.74) is -0.820. The molecule has 272 valence electrons. The molecule has 7 unspecified atom stereocenters. The molecule has 3 rings (SSSR count). The van der Waals surface area contributed by atoms with Crippen molar-refractivity contribution in [3.05, 3.63) is 59.7 Å². The monoisotopic (exact) mass is 698 g/mol. The molecular weight excluding hydrogens is 652 g/mol.